The maximum atomic E-state index is 3.36. The van der Waals surface area contributed by atoms with Gasteiger partial charge in [0, 0.05) is 45.3 Å². The van der Waals surface area contributed by atoms with E-state index in [1.807, 2.05) is 0 Å². The SMILES string of the molecule is c1cc(-c2c[nH]c3ccccc23)cc(-c2c[nH]c3ccccc23)c1. The monoisotopic (exact) mass is 308 g/mol. The van der Waals surface area contributed by atoms with Crippen LogP contribution in [0.1, 0.15) is 0 Å². The Morgan fingerprint density at radius 2 is 1.00 bits per heavy atom. The van der Waals surface area contributed by atoms with E-state index < -0.39 is 0 Å². The molecule has 2 heteroatoms. The fourth-order valence-electron chi connectivity index (χ4n) is 3.47. The summed E-state index contributed by atoms with van der Waals surface area (Å²) >= 11 is 0. The van der Waals surface area contributed by atoms with Crippen LogP contribution < -0.4 is 0 Å². The third-order valence-electron chi connectivity index (χ3n) is 4.66. The number of fused-ring (bicyclic) bond motifs is 2. The van der Waals surface area contributed by atoms with Gasteiger partial charge < -0.3 is 9.97 Å². The lowest BCUT2D eigenvalue weighted by Crippen LogP contribution is -1.79. The van der Waals surface area contributed by atoms with Gasteiger partial charge in [0.25, 0.3) is 0 Å². The van der Waals surface area contributed by atoms with Crippen molar-refractivity contribution in [2.75, 3.05) is 0 Å². The minimum Gasteiger partial charge on any atom is -0.361 e. The Hall–Kier alpha value is -3.26. The zero-order chi connectivity index (χ0) is 15.9. The summed E-state index contributed by atoms with van der Waals surface area (Å²) in [6.07, 6.45) is 4.19. The Morgan fingerprint density at radius 3 is 1.54 bits per heavy atom. The summed E-state index contributed by atoms with van der Waals surface area (Å²) in [5.41, 5.74) is 7.29. The van der Waals surface area contributed by atoms with Gasteiger partial charge in [-0.3, -0.25) is 0 Å². The van der Waals surface area contributed by atoms with Gasteiger partial charge in [0.1, 0.15) is 0 Å². The molecule has 0 fully saturated rings. The summed E-state index contributed by atoms with van der Waals surface area (Å²) < 4.78 is 0. The highest BCUT2D eigenvalue weighted by atomic mass is 14.7. The van der Waals surface area contributed by atoms with Gasteiger partial charge in [0.05, 0.1) is 0 Å². The minimum absolute atomic E-state index is 1.17. The van der Waals surface area contributed by atoms with Crippen LogP contribution in [0.2, 0.25) is 0 Å². The highest BCUT2D eigenvalue weighted by Gasteiger charge is 2.09. The Balaban J connectivity index is 1.69. The second-order valence-electron chi connectivity index (χ2n) is 6.08. The molecule has 3 aromatic carbocycles. The average molecular weight is 308 g/mol. The van der Waals surface area contributed by atoms with Gasteiger partial charge in [-0.1, -0.05) is 54.6 Å². The molecule has 0 bridgehead atoms. The summed E-state index contributed by atoms with van der Waals surface area (Å²) in [6, 6.07) is 25.6. The van der Waals surface area contributed by atoms with Crippen LogP contribution in [-0.4, -0.2) is 9.97 Å². The van der Waals surface area contributed by atoms with Crippen molar-refractivity contribution >= 4 is 21.8 Å². The number of rotatable bonds is 2. The highest BCUT2D eigenvalue weighted by Crippen LogP contribution is 2.34. The lowest BCUT2D eigenvalue weighted by molar-refractivity contribution is 1.47. The second kappa shape index (κ2) is 5.14. The lowest BCUT2D eigenvalue weighted by Gasteiger charge is -2.04. The predicted molar refractivity (Wildman–Crippen MR) is 101 cm³/mol. The van der Waals surface area contributed by atoms with E-state index in [0.717, 1.165) is 0 Å². The van der Waals surface area contributed by atoms with Crippen LogP contribution in [-0.2, 0) is 0 Å². The lowest BCUT2D eigenvalue weighted by atomic mass is 9.98. The molecule has 114 valence electrons. The Kier molecular flexibility index (Phi) is 2.83. The first-order chi connectivity index (χ1) is 11.9. The summed E-state index contributed by atoms with van der Waals surface area (Å²) in [7, 11) is 0. The molecule has 0 saturated carbocycles. The molecule has 0 unspecified atom stereocenters. The van der Waals surface area contributed by atoms with Crippen LogP contribution in [0.3, 0.4) is 0 Å². The van der Waals surface area contributed by atoms with E-state index in [1.54, 1.807) is 0 Å². The number of H-pyrrole nitrogens is 2. The Morgan fingerprint density at radius 1 is 0.500 bits per heavy atom. The van der Waals surface area contributed by atoms with E-state index >= 15 is 0 Å². The van der Waals surface area contributed by atoms with Crippen molar-refractivity contribution in [1.82, 2.24) is 9.97 Å². The van der Waals surface area contributed by atoms with E-state index in [1.165, 1.54) is 44.1 Å². The van der Waals surface area contributed by atoms with Crippen molar-refractivity contribution < 1.29 is 0 Å². The molecule has 0 spiro atoms. The molecule has 0 aliphatic carbocycles. The van der Waals surface area contributed by atoms with Gasteiger partial charge in [-0.2, -0.15) is 0 Å². The molecule has 0 aliphatic rings. The number of hydrogen-bond acceptors (Lipinski definition) is 0. The fraction of sp³-hybridized carbons (Fsp3) is 0. The van der Waals surface area contributed by atoms with E-state index in [-0.39, 0.29) is 0 Å². The largest absolute Gasteiger partial charge is 0.361 e. The first kappa shape index (κ1) is 13.2. The first-order valence-corrected chi connectivity index (χ1v) is 8.13. The topological polar surface area (TPSA) is 31.6 Å². The van der Waals surface area contributed by atoms with Crippen LogP contribution in [0.15, 0.2) is 85.2 Å². The fourth-order valence-corrected chi connectivity index (χ4v) is 3.47. The van der Waals surface area contributed by atoms with E-state index in [2.05, 4.69) is 95.2 Å². The molecule has 2 heterocycles. The van der Waals surface area contributed by atoms with E-state index in [9.17, 15) is 0 Å². The van der Waals surface area contributed by atoms with Crippen LogP contribution in [0, 0.1) is 0 Å². The smallest absolute Gasteiger partial charge is 0.0460 e. The Bertz CT molecular complexity index is 1070. The van der Waals surface area contributed by atoms with Crippen molar-refractivity contribution in [1.29, 1.82) is 0 Å². The third kappa shape index (κ3) is 1.97. The number of hydrogen-bond donors (Lipinski definition) is 2. The highest BCUT2D eigenvalue weighted by molar-refractivity contribution is 5.99. The van der Waals surface area contributed by atoms with Gasteiger partial charge in [-0.15, -0.1) is 0 Å². The maximum absolute atomic E-state index is 3.36. The number of aromatic nitrogens is 2. The van der Waals surface area contributed by atoms with Gasteiger partial charge in [-0.05, 0) is 29.3 Å². The van der Waals surface area contributed by atoms with Gasteiger partial charge >= 0.3 is 0 Å². The quantitative estimate of drug-likeness (QED) is 0.402. The van der Waals surface area contributed by atoms with Crippen molar-refractivity contribution in [3.63, 3.8) is 0 Å². The molecule has 5 aromatic rings. The zero-order valence-corrected chi connectivity index (χ0v) is 13.1. The van der Waals surface area contributed by atoms with Crippen molar-refractivity contribution in [2.24, 2.45) is 0 Å². The molecule has 0 amide bonds. The number of benzene rings is 3. The van der Waals surface area contributed by atoms with Crippen molar-refractivity contribution in [2.45, 2.75) is 0 Å². The molecule has 2 nitrogen and oxygen atoms in total. The minimum atomic E-state index is 1.17. The normalized spacial score (nSPS) is 11.3. The first-order valence-electron chi connectivity index (χ1n) is 8.13. The predicted octanol–water partition coefficient (Wildman–Crippen LogP) is 5.98. The summed E-state index contributed by atoms with van der Waals surface area (Å²) in [5, 5.41) is 2.52. The molecule has 5 rings (SSSR count). The molecule has 24 heavy (non-hydrogen) atoms. The Labute approximate surface area is 139 Å². The summed E-state index contributed by atoms with van der Waals surface area (Å²) in [6.45, 7) is 0. The molecule has 2 N–H and O–H groups in total. The molecule has 2 aromatic heterocycles. The van der Waals surface area contributed by atoms with Gasteiger partial charge in [0.15, 0.2) is 0 Å². The number of nitrogens with one attached hydrogen (secondary N) is 2. The molecule has 0 saturated heterocycles. The number of aromatic amines is 2. The van der Waals surface area contributed by atoms with Crippen LogP contribution in [0.4, 0.5) is 0 Å². The van der Waals surface area contributed by atoms with E-state index in [4.69, 9.17) is 0 Å². The van der Waals surface area contributed by atoms with E-state index in [0.29, 0.717) is 0 Å². The van der Waals surface area contributed by atoms with Crippen molar-refractivity contribution in [3.05, 3.63) is 85.2 Å². The van der Waals surface area contributed by atoms with Gasteiger partial charge in [0.2, 0.25) is 0 Å². The molecule has 0 atom stereocenters. The molecular weight excluding hydrogens is 292 g/mol. The van der Waals surface area contributed by atoms with Crippen molar-refractivity contribution in [3.8, 4) is 22.3 Å². The zero-order valence-electron chi connectivity index (χ0n) is 13.1. The molecular formula is C22H16N2. The molecule has 0 radical (unpaired) electrons. The second-order valence-corrected chi connectivity index (χ2v) is 6.08. The van der Waals surface area contributed by atoms with Crippen LogP contribution >= 0.6 is 0 Å². The average Bonchev–Trinajstić information content (AvgIpc) is 3.26. The van der Waals surface area contributed by atoms with Gasteiger partial charge in [-0.25, -0.2) is 0 Å². The standard InChI is InChI=1S/C22H16N2/c1-3-10-21-17(8-1)19(13-23-21)15-6-5-7-16(12-15)20-14-24-22-11-4-2-9-18(20)22/h1-14,23-24H. The summed E-state index contributed by atoms with van der Waals surface area (Å²) in [4.78, 5) is 6.73. The summed E-state index contributed by atoms with van der Waals surface area (Å²) in [5.74, 6) is 0. The van der Waals surface area contributed by atoms with Crippen LogP contribution in [0.25, 0.3) is 44.1 Å². The molecule has 0 aliphatic heterocycles. The third-order valence-corrected chi connectivity index (χ3v) is 4.66. The number of para-hydroxylation sites is 2. The van der Waals surface area contributed by atoms with Crippen LogP contribution in [0.5, 0.6) is 0 Å². The maximum Gasteiger partial charge on any atom is 0.0460 e.